The second-order valence-corrected chi connectivity index (χ2v) is 3.72. The van der Waals surface area contributed by atoms with E-state index >= 15 is 0 Å². The third-order valence-corrected chi connectivity index (χ3v) is 2.45. The van der Waals surface area contributed by atoms with Crippen LogP contribution in [0, 0.1) is 5.92 Å². The van der Waals surface area contributed by atoms with E-state index in [4.69, 9.17) is 4.42 Å². The average molecular weight is 179 g/mol. The third-order valence-electron chi connectivity index (χ3n) is 2.45. The summed E-state index contributed by atoms with van der Waals surface area (Å²) in [5.74, 6) is 1.06. The van der Waals surface area contributed by atoms with Gasteiger partial charge in [-0.3, -0.25) is 4.79 Å². The average Bonchev–Trinajstić information content (AvgIpc) is 2.53. The molecule has 3 nitrogen and oxygen atoms in total. The number of furan rings is 1. The van der Waals surface area contributed by atoms with Crippen molar-refractivity contribution in [2.75, 3.05) is 0 Å². The van der Waals surface area contributed by atoms with Crippen molar-refractivity contribution in [2.45, 2.75) is 25.8 Å². The fraction of sp³-hybridized carbons (Fsp3) is 0.500. The normalized spacial score (nSPS) is 26.5. The van der Waals surface area contributed by atoms with Gasteiger partial charge >= 0.3 is 0 Å². The van der Waals surface area contributed by atoms with Crippen molar-refractivity contribution < 1.29 is 9.21 Å². The van der Waals surface area contributed by atoms with Gasteiger partial charge in [-0.25, -0.2) is 0 Å². The summed E-state index contributed by atoms with van der Waals surface area (Å²) in [5, 5.41) is 2.92. The van der Waals surface area contributed by atoms with Gasteiger partial charge in [0.25, 0.3) is 5.91 Å². The molecule has 1 N–H and O–H groups in total. The first-order valence-electron chi connectivity index (χ1n) is 4.60. The molecule has 1 heterocycles. The van der Waals surface area contributed by atoms with Crippen LogP contribution in [-0.4, -0.2) is 11.9 Å². The Hall–Kier alpha value is -1.25. The molecule has 0 aromatic carbocycles. The van der Waals surface area contributed by atoms with Crippen LogP contribution in [0.15, 0.2) is 22.8 Å². The summed E-state index contributed by atoms with van der Waals surface area (Å²) < 4.78 is 4.98. The lowest BCUT2D eigenvalue weighted by atomic mass is 9.82. The van der Waals surface area contributed by atoms with Gasteiger partial charge in [-0.1, -0.05) is 6.92 Å². The van der Waals surface area contributed by atoms with Gasteiger partial charge in [-0.05, 0) is 30.9 Å². The molecule has 1 saturated carbocycles. The smallest absolute Gasteiger partial charge is 0.287 e. The SMILES string of the molecule is CC1CC(NC(=O)c2ccco2)C1. The van der Waals surface area contributed by atoms with Gasteiger partial charge in [0.2, 0.25) is 0 Å². The Morgan fingerprint density at radius 1 is 1.62 bits per heavy atom. The molecule has 0 bridgehead atoms. The van der Waals surface area contributed by atoms with Gasteiger partial charge in [0.05, 0.1) is 6.26 Å². The van der Waals surface area contributed by atoms with Crippen LogP contribution in [0.1, 0.15) is 30.3 Å². The molecule has 1 aliphatic carbocycles. The number of rotatable bonds is 2. The van der Waals surface area contributed by atoms with Crippen LogP contribution >= 0.6 is 0 Å². The van der Waals surface area contributed by atoms with Gasteiger partial charge in [-0.2, -0.15) is 0 Å². The van der Waals surface area contributed by atoms with Crippen LogP contribution < -0.4 is 5.32 Å². The number of carbonyl (C=O) groups excluding carboxylic acids is 1. The van der Waals surface area contributed by atoms with E-state index in [1.54, 1.807) is 12.1 Å². The zero-order valence-electron chi connectivity index (χ0n) is 7.62. The quantitative estimate of drug-likeness (QED) is 0.752. The Balaban J connectivity index is 1.86. The zero-order chi connectivity index (χ0) is 9.26. The third kappa shape index (κ3) is 1.74. The summed E-state index contributed by atoms with van der Waals surface area (Å²) in [5.41, 5.74) is 0. The Kier molecular flexibility index (Phi) is 2.08. The Morgan fingerprint density at radius 2 is 2.38 bits per heavy atom. The summed E-state index contributed by atoms with van der Waals surface area (Å²) in [6.07, 6.45) is 3.69. The van der Waals surface area contributed by atoms with E-state index in [1.165, 1.54) is 6.26 Å². The standard InChI is InChI=1S/C10H13NO2/c1-7-5-8(6-7)11-10(12)9-3-2-4-13-9/h2-4,7-8H,5-6H2,1H3,(H,11,12). The fourth-order valence-corrected chi connectivity index (χ4v) is 1.68. The predicted molar refractivity (Wildman–Crippen MR) is 48.4 cm³/mol. The van der Waals surface area contributed by atoms with Crippen LogP contribution in [0.3, 0.4) is 0 Å². The van der Waals surface area contributed by atoms with Crippen LogP contribution in [-0.2, 0) is 0 Å². The molecule has 3 heteroatoms. The van der Waals surface area contributed by atoms with E-state index in [-0.39, 0.29) is 5.91 Å². The first kappa shape index (κ1) is 8.35. The van der Waals surface area contributed by atoms with Crippen molar-refractivity contribution in [3.63, 3.8) is 0 Å². The van der Waals surface area contributed by atoms with Crippen molar-refractivity contribution in [3.8, 4) is 0 Å². The lowest BCUT2D eigenvalue weighted by Crippen LogP contribution is -2.43. The van der Waals surface area contributed by atoms with Crippen molar-refractivity contribution in [3.05, 3.63) is 24.2 Å². The van der Waals surface area contributed by atoms with E-state index in [0.717, 1.165) is 18.8 Å². The second kappa shape index (κ2) is 3.24. The maximum atomic E-state index is 11.4. The highest BCUT2D eigenvalue weighted by molar-refractivity contribution is 5.91. The molecule has 0 aliphatic heterocycles. The molecule has 1 amide bonds. The Labute approximate surface area is 77.1 Å². The minimum Gasteiger partial charge on any atom is -0.459 e. The summed E-state index contributed by atoms with van der Waals surface area (Å²) >= 11 is 0. The van der Waals surface area contributed by atoms with Gasteiger partial charge in [0.15, 0.2) is 5.76 Å². The topological polar surface area (TPSA) is 42.2 Å². The van der Waals surface area contributed by atoms with Crippen molar-refractivity contribution in [1.29, 1.82) is 0 Å². The second-order valence-electron chi connectivity index (χ2n) is 3.72. The van der Waals surface area contributed by atoms with Crippen LogP contribution in [0.2, 0.25) is 0 Å². The molecule has 13 heavy (non-hydrogen) atoms. The molecular formula is C10H13NO2. The van der Waals surface area contributed by atoms with E-state index in [2.05, 4.69) is 12.2 Å². The number of hydrogen-bond acceptors (Lipinski definition) is 2. The monoisotopic (exact) mass is 179 g/mol. The van der Waals surface area contributed by atoms with E-state index in [1.807, 2.05) is 0 Å². The highest BCUT2D eigenvalue weighted by atomic mass is 16.3. The van der Waals surface area contributed by atoms with Crippen LogP contribution in [0.4, 0.5) is 0 Å². The van der Waals surface area contributed by atoms with Crippen LogP contribution in [0.25, 0.3) is 0 Å². The van der Waals surface area contributed by atoms with Crippen LogP contribution in [0.5, 0.6) is 0 Å². The zero-order valence-corrected chi connectivity index (χ0v) is 7.62. The molecule has 0 unspecified atom stereocenters. The number of hydrogen-bond donors (Lipinski definition) is 1. The number of amides is 1. The summed E-state index contributed by atoms with van der Waals surface area (Å²) in [7, 11) is 0. The predicted octanol–water partition coefficient (Wildman–Crippen LogP) is 1.81. The highest BCUT2D eigenvalue weighted by Crippen LogP contribution is 2.26. The number of carbonyl (C=O) groups is 1. The lowest BCUT2D eigenvalue weighted by Gasteiger charge is -2.32. The van der Waals surface area contributed by atoms with Crippen molar-refractivity contribution in [1.82, 2.24) is 5.32 Å². The lowest BCUT2D eigenvalue weighted by molar-refractivity contribution is 0.0867. The molecule has 1 aromatic rings. The summed E-state index contributed by atoms with van der Waals surface area (Å²) in [4.78, 5) is 11.4. The van der Waals surface area contributed by atoms with E-state index in [9.17, 15) is 4.79 Å². The van der Waals surface area contributed by atoms with Crippen molar-refractivity contribution in [2.24, 2.45) is 5.92 Å². The van der Waals surface area contributed by atoms with Crippen molar-refractivity contribution >= 4 is 5.91 Å². The highest BCUT2D eigenvalue weighted by Gasteiger charge is 2.27. The largest absolute Gasteiger partial charge is 0.459 e. The fourth-order valence-electron chi connectivity index (χ4n) is 1.68. The minimum atomic E-state index is -0.0955. The summed E-state index contributed by atoms with van der Waals surface area (Å²) in [6, 6.07) is 3.75. The molecule has 1 aromatic heterocycles. The van der Waals surface area contributed by atoms with Gasteiger partial charge < -0.3 is 9.73 Å². The molecule has 0 spiro atoms. The minimum absolute atomic E-state index is 0.0955. The molecule has 0 saturated heterocycles. The maximum Gasteiger partial charge on any atom is 0.287 e. The Morgan fingerprint density at radius 3 is 2.92 bits per heavy atom. The maximum absolute atomic E-state index is 11.4. The molecule has 0 radical (unpaired) electrons. The van der Waals surface area contributed by atoms with E-state index in [0.29, 0.717) is 11.8 Å². The molecule has 70 valence electrons. The van der Waals surface area contributed by atoms with Gasteiger partial charge in [0.1, 0.15) is 0 Å². The molecule has 2 rings (SSSR count). The van der Waals surface area contributed by atoms with E-state index < -0.39 is 0 Å². The molecule has 0 atom stereocenters. The number of nitrogens with one attached hydrogen (secondary N) is 1. The first-order valence-corrected chi connectivity index (χ1v) is 4.60. The molecular weight excluding hydrogens is 166 g/mol. The van der Waals surface area contributed by atoms with Gasteiger partial charge in [-0.15, -0.1) is 0 Å². The Bertz CT molecular complexity index is 286. The van der Waals surface area contributed by atoms with Gasteiger partial charge in [0, 0.05) is 6.04 Å². The molecule has 1 aliphatic rings. The first-order chi connectivity index (χ1) is 6.25. The molecule has 1 fully saturated rings. The summed E-state index contributed by atoms with van der Waals surface area (Å²) in [6.45, 7) is 2.19.